The molecule has 2 N–H and O–H groups in total. The van der Waals surface area contributed by atoms with E-state index in [1.807, 2.05) is 29.8 Å². The second kappa shape index (κ2) is 4.53. The van der Waals surface area contributed by atoms with E-state index < -0.39 is 0 Å². The molecule has 1 unspecified atom stereocenters. The molecular formula is C12H17N3O. The highest BCUT2D eigenvalue weighted by Crippen LogP contribution is 2.21. The largest absolute Gasteiger partial charge is 0.464 e. The van der Waals surface area contributed by atoms with Gasteiger partial charge in [-0.05, 0) is 25.1 Å². The molecule has 0 aliphatic rings. The Morgan fingerprint density at radius 3 is 2.81 bits per heavy atom. The van der Waals surface area contributed by atoms with Gasteiger partial charge in [0.2, 0.25) is 0 Å². The van der Waals surface area contributed by atoms with Gasteiger partial charge in [0.1, 0.15) is 17.6 Å². The zero-order valence-corrected chi connectivity index (χ0v) is 9.68. The minimum Gasteiger partial charge on any atom is -0.464 e. The fourth-order valence-corrected chi connectivity index (χ4v) is 1.77. The second-order valence-electron chi connectivity index (χ2n) is 3.71. The Labute approximate surface area is 95.1 Å². The normalized spacial score (nSPS) is 12.9. The highest BCUT2D eigenvalue weighted by atomic mass is 16.3. The molecule has 2 heterocycles. The monoisotopic (exact) mass is 219 g/mol. The molecule has 2 aromatic rings. The zero-order chi connectivity index (χ0) is 11.5. The van der Waals surface area contributed by atoms with Crippen molar-refractivity contribution < 1.29 is 4.42 Å². The molecule has 0 saturated carbocycles. The molecule has 2 rings (SSSR count). The van der Waals surface area contributed by atoms with E-state index in [1.165, 1.54) is 0 Å². The van der Waals surface area contributed by atoms with Crippen molar-refractivity contribution in [1.29, 1.82) is 0 Å². The molecule has 0 spiro atoms. The highest BCUT2D eigenvalue weighted by Gasteiger charge is 2.16. The molecule has 0 aliphatic carbocycles. The molecule has 16 heavy (non-hydrogen) atoms. The summed E-state index contributed by atoms with van der Waals surface area (Å²) in [5.41, 5.74) is 7.14. The van der Waals surface area contributed by atoms with Crippen LogP contribution in [0.4, 0.5) is 0 Å². The maximum Gasteiger partial charge on any atom is 0.127 e. The Kier molecular flexibility index (Phi) is 3.10. The molecule has 0 aliphatic heterocycles. The summed E-state index contributed by atoms with van der Waals surface area (Å²) < 4.78 is 7.54. The van der Waals surface area contributed by atoms with Crippen LogP contribution < -0.4 is 5.73 Å². The topological polar surface area (TPSA) is 57.0 Å². The minimum absolute atomic E-state index is 0.234. The maximum absolute atomic E-state index is 6.15. The fraction of sp³-hybridized carbons (Fsp3) is 0.417. The van der Waals surface area contributed by atoms with Crippen LogP contribution in [0.5, 0.6) is 0 Å². The molecule has 86 valence electrons. The van der Waals surface area contributed by atoms with Crippen molar-refractivity contribution in [2.45, 2.75) is 32.9 Å². The molecule has 0 amide bonds. The van der Waals surface area contributed by atoms with Crippen molar-refractivity contribution in [2.75, 3.05) is 0 Å². The first-order valence-electron chi connectivity index (χ1n) is 5.62. The van der Waals surface area contributed by atoms with Gasteiger partial charge >= 0.3 is 0 Å². The maximum atomic E-state index is 6.15. The van der Waals surface area contributed by atoms with Gasteiger partial charge in [-0.2, -0.15) is 5.10 Å². The van der Waals surface area contributed by atoms with Gasteiger partial charge in [-0.1, -0.05) is 6.92 Å². The Balaban J connectivity index is 2.27. The molecule has 0 bridgehead atoms. The van der Waals surface area contributed by atoms with Crippen LogP contribution in [0.1, 0.15) is 37.1 Å². The SMILES string of the molecule is CCc1ccc(C(N)c2ccnn2CC)o1. The van der Waals surface area contributed by atoms with Crippen LogP contribution in [0, 0.1) is 0 Å². The first-order chi connectivity index (χ1) is 7.76. The third kappa shape index (κ3) is 1.88. The Morgan fingerprint density at radius 1 is 1.38 bits per heavy atom. The van der Waals surface area contributed by atoms with Gasteiger partial charge in [-0.25, -0.2) is 0 Å². The van der Waals surface area contributed by atoms with Crippen LogP contribution >= 0.6 is 0 Å². The number of aromatic nitrogens is 2. The summed E-state index contributed by atoms with van der Waals surface area (Å²) in [7, 11) is 0. The molecular weight excluding hydrogens is 202 g/mol. The molecule has 0 aromatic carbocycles. The fourth-order valence-electron chi connectivity index (χ4n) is 1.77. The second-order valence-corrected chi connectivity index (χ2v) is 3.71. The molecule has 4 heteroatoms. The molecule has 0 radical (unpaired) electrons. The van der Waals surface area contributed by atoms with Gasteiger partial charge in [-0.15, -0.1) is 0 Å². The summed E-state index contributed by atoms with van der Waals surface area (Å²) in [6, 6.07) is 5.61. The van der Waals surface area contributed by atoms with Gasteiger partial charge in [0.25, 0.3) is 0 Å². The minimum atomic E-state index is -0.234. The van der Waals surface area contributed by atoms with Crippen LogP contribution in [0.2, 0.25) is 0 Å². The van der Waals surface area contributed by atoms with Gasteiger partial charge in [-0.3, -0.25) is 4.68 Å². The van der Waals surface area contributed by atoms with E-state index in [4.69, 9.17) is 10.2 Å². The first-order valence-corrected chi connectivity index (χ1v) is 5.62. The molecule has 1 atom stereocenters. The van der Waals surface area contributed by atoms with Crippen LogP contribution in [0.25, 0.3) is 0 Å². The smallest absolute Gasteiger partial charge is 0.127 e. The van der Waals surface area contributed by atoms with E-state index in [0.29, 0.717) is 0 Å². The average Bonchev–Trinajstić information content (AvgIpc) is 2.96. The van der Waals surface area contributed by atoms with Crippen molar-refractivity contribution in [3.05, 3.63) is 41.6 Å². The standard InChI is InChI=1S/C12H17N3O/c1-3-9-5-6-11(16-9)12(13)10-7-8-14-15(10)4-2/h5-8,12H,3-4,13H2,1-2H3. The van der Waals surface area contributed by atoms with E-state index in [-0.39, 0.29) is 6.04 Å². The lowest BCUT2D eigenvalue weighted by Crippen LogP contribution is -2.16. The van der Waals surface area contributed by atoms with Gasteiger partial charge in [0.15, 0.2) is 0 Å². The summed E-state index contributed by atoms with van der Waals surface area (Å²) in [6.07, 6.45) is 2.65. The summed E-state index contributed by atoms with van der Waals surface area (Å²) in [6.45, 7) is 4.92. The zero-order valence-electron chi connectivity index (χ0n) is 9.68. The highest BCUT2D eigenvalue weighted by molar-refractivity contribution is 5.20. The van der Waals surface area contributed by atoms with E-state index in [2.05, 4.69) is 12.0 Å². The third-order valence-electron chi connectivity index (χ3n) is 2.70. The summed E-state index contributed by atoms with van der Waals surface area (Å²) >= 11 is 0. The van der Waals surface area contributed by atoms with Crippen molar-refractivity contribution in [2.24, 2.45) is 5.73 Å². The summed E-state index contributed by atoms with van der Waals surface area (Å²) in [4.78, 5) is 0. The number of furan rings is 1. The first kappa shape index (κ1) is 11.0. The molecule has 2 aromatic heterocycles. The van der Waals surface area contributed by atoms with Crippen LogP contribution in [0.15, 0.2) is 28.8 Å². The van der Waals surface area contributed by atoms with Crippen molar-refractivity contribution in [3.8, 4) is 0 Å². The number of nitrogens with zero attached hydrogens (tertiary/aromatic N) is 2. The quantitative estimate of drug-likeness (QED) is 0.856. The number of nitrogens with two attached hydrogens (primary N) is 1. The number of rotatable bonds is 4. The van der Waals surface area contributed by atoms with E-state index in [1.54, 1.807) is 6.20 Å². The lowest BCUT2D eigenvalue weighted by atomic mass is 10.1. The average molecular weight is 219 g/mol. The van der Waals surface area contributed by atoms with Crippen molar-refractivity contribution >= 4 is 0 Å². The third-order valence-corrected chi connectivity index (χ3v) is 2.70. The molecule has 0 fully saturated rings. The van der Waals surface area contributed by atoms with Gasteiger partial charge in [0, 0.05) is 19.2 Å². The predicted molar refractivity (Wildman–Crippen MR) is 62.0 cm³/mol. The van der Waals surface area contributed by atoms with Gasteiger partial charge < -0.3 is 10.2 Å². The van der Waals surface area contributed by atoms with Crippen LogP contribution in [-0.2, 0) is 13.0 Å². The Hall–Kier alpha value is -1.55. The van der Waals surface area contributed by atoms with E-state index >= 15 is 0 Å². The number of hydrogen-bond donors (Lipinski definition) is 1. The number of hydrogen-bond acceptors (Lipinski definition) is 3. The van der Waals surface area contributed by atoms with Gasteiger partial charge in [0.05, 0.1) is 5.69 Å². The van der Waals surface area contributed by atoms with Crippen molar-refractivity contribution in [1.82, 2.24) is 9.78 Å². The number of aryl methyl sites for hydroxylation is 2. The summed E-state index contributed by atoms with van der Waals surface area (Å²) in [5, 5.41) is 4.20. The summed E-state index contributed by atoms with van der Waals surface area (Å²) in [5.74, 6) is 1.76. The van der Waals surface area contributed by atoms with Crippen LogP contribution in [0.3, 0.4) is 0 Å². The van der Waals surface area contributed by atoms with E-state index in [0.717, 1.165) is 30.2 Å². The lowest BCUT2D eigenvalue weighted by molar-refractivity contribution is 0.443. The van der Waals surface area contributed by atoms with Crippen LogP contribution in [-0.4, -0.2) is 9.78 Å². The lowest BCUT2D eigenvalue weighted by Gasteiger charge is -2.10. The van der Waals surface area contributed by atoms with Crippen molar-refractivity contribution in [3.63, 3.8) is 0 Å². The van der Waals surface area contributed by atoms with E-state index in [9.17, 15) is 0 Å². The molecule has 4 nitrogen and oxygen atoms in total. The molecule has 0 saturated heterocycles. The Bertz CT molecular complexity index is 458. The predicted octanol–water partition coefficient (Wildman–Crippen LogP) is 2.11. The Morgan fingerprint density at radius 2 is 2.19 bits per heavy atom.